The van der Waals surface area contributed by atoms with Crippen LogP contribution in [0.4, 0.5) is 0 Å². The van der Waals surface area contributed by atoms with Crippen LogP contribution in [-0.4, -0.2) is 21.1 Å². The highest BCUT2D eigenvalue weighted by molar-refractivity contribution is 14.1. The Morgan fingerprint density at radius 3 is 3.00 bits per heavy atom. The first-order valence-electron chi connectivity index (χ1n) is 4.45. The molecule has 0 unspecified atom stereocenters. The smallest absolute Gasteiger partial charge is 0.150 e. The molecule has 2 heterocycles. The maximum absolute atomic E-state index is 8.82. The molecule has 0 radical (unpaired) electrons. The van der Waals surface area contributed by atoms with E-state index in [1.807, 2.05) is 16.8 Å². The number of aromatic nitrogens is 2. The zero-order valence-electron chi connectivity index (χ0n) is 7.87. The summed E-state index contributed by atoms with van der Waals surface area (Å²) in [6.07, 6.45) is 4.64. The number of hydrogen-bond acceptors (Lipinski definition) is 2. The second-order valence-electron chi connectivity index (χ2n) is 3.30. The summed E-state index contributed by atoms with van der Waals surface area (Å²) >= 11 is 2.28. The van der Waals surface area contributed by atoms with Crippen LogP contribution in [0.3, 0.4) is 0 Å². The summed E-state index contributed by atoms with van der Waals surface area (Å²) in [6.45, 7) is 2.22. The fraction of sp³-hybridized carbons (Fsp3) is 0.300. The molecular formula is C10H11IN2O. The van der Waals surface area contributed by atoms with E-state index in [-0.39, 0.29) is 6.61 Å². The van der Waals surface area contributed by atoms with Crippen molar-refractivity contribution in [3.05, 3.63) is 33.3 Å². The predicted molar refractivity (Wildman–Crippen MR) is 63.4 cm³/mol. The van der Waals surface area contributed by atoms with E-state index in [4.69, 9.17) is 5.11 Å². The van der Waals surface area contributed by atoms with Crippen molar-refractivity contribution >= 4 is 28.2 Å². The average Bonchev–Trinajstić information content (AvgIpc) is 2.48. The zero-order chi connectivity index (χ0) is 10.1. The van der Waals surface area contributed by atoms with E-state index >= 15 is 0 Å². The molecule has 3 nitrogen and oxygen atoms in total. The predicted octanol–water partition coefficient (Wildman–Crippen LogP) is 1.78. The van der Waals surface area contributed by atoms with Gasteiger partial charge in [-0.05, 0) is 41.1 Å². The molecule has 0 aliphatic rings. The van der Waals surface area contributed by atoms with Gasteiger partial charge < -0.3 is 9.51 Å². The minimum absolute atomic E-state index is 0.152. The third-order valence-corrected chi connectivity index (χ3v) is 2.85. The topological polar surface area (TPSA) is 37.5 Å². The average molecular weight is 302 g/mol. The Morgan fingerprint density at radius 2 is 2.29 bits per heavy atom. The summed E-state index contributed by atoms with van der Waals surface area (Å²) in [5.41, 5.74) is 3.13. The second kappa shape index (κ2) is 3.86. The number of fused-ring (bicyclic) bond motifs is 1. The molecule has 0 aliphatic carbocycles. The van der Waals surface area contributed by atoms with E-state index < -0.39 is 0 Å². The van der Waals surface area contributed by atoms with Crippen molar-refractivity contribution < 1.29 is 5.11 Å². The minimum Gasteiger partial charge on any atom is -0.396 e. The van der Waals surface area contributed by atoms with Crippen LogP contribution >= 0.6 is 22.6 Å². The summed E-state index contributed by atoms with van der Waals surface area (Å²) in [5.74, 6) is 0. The quantitative estimate of drug-likeness (QED) is 0.859. The molecule has 74 valence electrons. The molecule has 4 heteroatoms. The number of hydrogen-bond donors (Lipinski definition) is 1. The monoisotopic (exact) mass is 302 g/mol. The lowest BCUT2D eigenvalue weighted by Gasteiger charge is -1.97. The normalized spacial score (nSPS) is 11.1. The fourth-order valence-corrected chi connectivity index (χ4v) is 2.37. The first kappa shape index (κ1) is 9.92. The first-order valence-corrected chi connectivity index (χ1v) is 5.53. The molecule has 0 fully saturated rings. The van der Waals surface area contributed by atoms with Crippen molar-refractivity contribution in [1.29, 1.82) is 0 Å². The largest absolute Gasteiger partial charge is 0.396 e. The van der Waals surface area contributed by atoms with Gasteiger partial charge in [-0.3, -0.25) is 0 Å². The summed E-state index contributed by atoms with van der Waals surface area (Å²) in [5, 5.41) is 8.82. The molecule has 0 aliphatic heterocycles. The van der Waals surface area contributed by atoms with Gasteiger partial charge in [0.25, 0.3) is 0 Å². The molecule has 2 aromatic heterocycles. The number of aryl methyl sites for hydroxylation is 1. The van der Waals surface area contributed by atoms with Gasteiger partial charge in [0.1, 0.15) is 0 Å². The summed E-state index contributed by atoms with van der Waals surface area (Å²) < 4.78 is 3.16. The highest BCUT2D eigenvalue weighted by Crippen LogP contribution is 2.15. The number of nitrogens with zero attached hydrogens (tertiary/aromatic N) is 2. The minimum atomic E-state index is 0.152. The SMILES string of the molecule is Cc1cc(I)c2nc(CCO)cn2c1. The Morgan fingerprint density at radius 1 is 1.50 bits per heavy atom. The van der Waals surface area contributed by atoms with Crippen molar-refractivity contribution in [2.75, 3.05) is 6.61 Å². The molecule has 2 rings (SSSR count). The summed E-state index contributed by atoms with van der Waals surface area (Å²) in [6, 6.07) is 2.10. The number of aliphatic hydroxyl groups is 1. The van der Waals surface area contributed by atoms with Crippen LogP contribution in [0.25, 0.3) is 5.65 Å². The van der Waals surface area contributed by atoms with Crippen molar-refractivity contribution in [2.45, 2.75) is 13.3 Å². The molecule has 1 N–H and O–H groups in total. The first-order chi connectivity index (χ1) is 6.70. The van der Waals surface area contributed by atoms with Crippen LogP contribution < -0.4 is 0 Å². The van der Waals surface area contributed by atoms with Crippen molar-refractivity contribution in [2.24, 2.45) is 0 Å². The molecule has 2 aromatic rings. The van der Waals surface area contributed by atoms with E-state index in [9.17, 15) is 0 Å². The maximum Gasteiger partial charge on any atom is 0.150 e. The van der Waals surface area contributed by atoms with Crippen molar-refractivity contribution in [3.63, 3.8) is 0 Å². The standard InChI is InChI=1S/C10H11IN2O/c1-7-4-9(11)10-12-8(2-3-14)6-13(10)5-7/h4-6,14H,2-3H2,1H3. The Balaban J connectivity index is 2.58. The highest BCUT2D eigenvalue weighted by atomic mass is 127. The van der Waals surface area contributed by atoms with Gasteiger partial charge >= 0.3 is 0 Å². The van der Waals surface area contributed by atoms with Crippen molar-refractivity contribution in [1.82, 2.24) is 9.38 Å². The second-order valence-corrected chi connectivity index (χ2v) is 4.46. The Hall–Kier alpha value is -0.620. The molecule has 0 spiro atoms. The van der Waals surface area contributed by atoms with E-state index in [1.54, 1.807) is 0 Å². The number of aliphatic hydroxyl groups excluding tert-OH is 1. The molecule has 0 atom stereocenters. The number of imidazole rings is 1. The summed E-state index contributed by atoms with van der Waals surface area (Å²) in [7, 11) is 0. The van der Waals surface area contributed by atoms with E-state index in [0.717, 1.165) is 14.9 Å². The van der Waals surface area contributed by atoms with Crippen LogP contribution in [0.15, 0.2) is 18.5 Å². The molecule has 14 heavy (non-hydrogen) atoms. The molecule has 0 saturated carbocycles. The van der Waals surface area contributed by atoms with Gasteiger partial charge in [-0.1, -0.05) is 0 Å². The van der Waals surface area contributed by atoms with E-state index in [0.29, 0.717) is 6.42 Å². The Bertz CT molecular complexity index is 464. The van der Waals surface area contributed by atoms with Gasteiger partial charge in [-0.25, -0.2) is 4.98 Å². The molecule has 0 bridgehead atoms. The van der Waals surface area contributed by atoms with Crippen LogP contribution in [0, 0.1) is 10.5 Å². The molecule has 0 saturated heterocycles. The zero-order valence-corrected chi connectivity index (χ0v) is 10.0. The van der Waals surface area contributed by atoms with Gasteiger partial charge in [0.15, 0.2) is 5.65 Å². The van der Waals surface area contributed by atoms with Gasteiger partial charge in [0.2, 0.25) is 0 Å². The van der Waals surface area contributed by atoms with Crippen LogP contribution in [-0.2, 0) is 6.42 Å². The van der Waals surface area contributed by atoms with Crippen LogP contribution in [0.5, 0.6) is 0 Å². The van der Waals surface area contributed by atoms with Crippen LogP contribution in [0.2, 0.25) is 0 Å². The molecule has 0 aromatic carbocycles. The lowest BCUT2D eigenvalue weighted by atomic mass is 10.3. The van der Waals surface area contributed by atoms with E-state index in [1.165, 1.54) is 5.56 Å². The lowest BCUT2D eigenvalue weighted by molar-refractivity contribution is 0.298. The van der Waals surface area contributed by atoms with Gasteiger partial charge in [-0.2, -0.15) is 0 Å². The highest BCUT2D eigenvalue weighted by Gasteiger charge is 2.04. The Labute approximate surface area is 95.9 Å². The Kier molecular flexibility index (Phi) is 2.73. The fourth-order valence-electron chi connectivity index (χ4n) is 1.48. The molecular weight excluding hydrogens is 291 g/mol. The van der Waals surface area contributed by atoms with Gasteiger partial charge in [0.05, 0.1) is 9.26 Å². The number of rotatable bonds is 2. The molecule has 0 amide bonds. The van der Waals surface area contributed by atoms with E-state index in [2.05, 4.69) is 40.6 Å². The summed E-state index contributed by atoms with van der Waals surface area (Å²) in [4.78, 5) is 4.44. The van der Waals surface area contributed by atoms with Crippen LogP contribution in [0.1, 0.15) is 11.3 Å². The number of pyridine rings is 1. The maximum atomic E-state index is 8.82. The third-order valence-electron chi connectivity index (χ3n) is 2.06. The number of halogens is 1. The van der Waals surface area contributed by atoms with Gasteiger partial charge in [-0.15, -0.1) is 0 Å². The lowest BCUT2D eigenvalue weighted by Crippen LogP contribution is -1.89. The van der Waals surface area contributed by atoms with Crippen molar-refractivity contribution in [3.8, 4) is 0 Å². The third kappa shape index (κ3) is 1.76. The van der Waals surface area contributed by atoms with Gasteiger partial charge in [0, 0.05) is 25.4 Å².